The smallest absolute Gasteiger partial charge is 0.258 e. The van der Waals surface area contributed by atoms with Crippen molar-refractivity contribution >= 4 is 34.2 Å². The number of hydrogen-bond acceptors (Lipinski definition) is 4. The van der Waals surface area contributed by atoms with Gasteiger partial charge in [0.1, 0.15) is 11.8 Å². The highest BCUT2D eigenvalue weighted by molar-refractivity contribution is 6.25. The predicted molar refractivity (Wildman–Crippen MR) is 170 cm³/mol. The largest absolute Gasteiger partial charge is 0.497 e. The number of nitrogens with one attached hydrogen (secondary N) is 1. The zero-order valence-corrected chi connectivity index (χ0v) is 25.3. The molecule has 0 spiro atoms. The maximum atomic E-state index is 14.1. The lowest BCUT2D eigenvalue weighted by Gasteiger charge is -2.34. The van der Waals surface area contributed by atoms with Gasteiger partial charge in [0.2, 0.25) is 11.8 Å². The van der Waals surface area contributed by atoms with Crippen molar-refractivity contribution in [2.75, 3.05) is 18.6 Å². The van der Waals surface area contributed by atoms with Gasteiger partial charge in [0.15, 0.2) is 0 Å². The molecule has 0 bridgehead atoms. The fourth-order valence-corrected chi connectivity index (χ4v) is 5.71. The lowest BCUT2D eigenvalue weighted by Crippen LogP contribution is -2.54. The average molecular weight is 578 g/mol. The average Bonchev–Trinajstić information content (AvgIpc) is 3.26. The van der Waals surface area contributed by atoms with Gasteiger partial charge in [0.05, 0.1) is 12.8 Å². The van der Waals surface area contributed by atoms with Gasteiger partial charge in [-0.15, -0.1) is 0 Å². The van der Waals surface area contributed by atoms with E-state index in [9.17, 15) is 14.4 Å². The molecule has 0 saturated heterocycles. The maximum absolute atomic E-state index is 14.1. The second-order valence-electron chi connectivity index (χ2n) is 12.1. The number of hydrogen-bond donors (Lipinski definition) is 1. The number of rotatable bonds is 11. The van der Waals surface area contributed by atoms with Gasteiger partial charge in [0, 0.05) is 42.4 Å². The summed E-state index contributed by atoms with van der Waals surface area (Å²) in [6.07, 6.45) is 1.02. The van der Waals surface area contributed by atoms with E-state index in [0.717, 1.165) is 27.6 Å². The first-order valence-corrected chi connectivity index (χ1v) is 14.8. The van der Waals surface area contributed by atoms with Gasteiger partial charge >= 0.3 is 0 Å². The molecule has 7 nitrogen and oxygen atoms in total. The van der Waals surface area contributed by atoms with Crippen molar-refractivity contribution in [2.45, 2.75) is 58.2 Å². The summed E-state index contributed by atoms with van der Waals surface area (Å²) in [6, 6.07) is 28.3. The van der Waals surface area contributed by atoms with Crippen LogP contribution in [0, 0.1) is 0 Å². The van der Waals surface area contributed by atoms with Crippen LogP contribution in [0.4, 0.5) is 5.69 Å². The zero-order chi connectivity index (χ0) is 30.6. The lowest BCUT2D eigenvalue weighted by molar-refractivity contribution is -0.142. The van der Waals surface area contributed by atoms with Gasteiger partial charge in [-0.3, -0.25) is 14.4 Å². The molecular weight excluding hydrogens is 538 g/mol. The van der Waals surface area contributed by atoms with E-state index in [-0.39, 0.29) is 30.7 Å². The fraction of sp³-hybridized carbons (Fsp3) is 0.306. The highest BCUT2D eigenvalue weighted by Crippen LogP contribution is 2.37. The number of methoxy groups -OCH3 is 1. The summed E-state index contributed by atoms with van der Waals surface area (Å²) in [5, 5.41) is 5.09. The molecule has 4 aromatic carbocycles. The molecule has 222 valence electrons. The number of carbonyl (C=O) groups excluding carboxylic acids is 3. The minimum absolute atomic E-state index is 0.0426. The van der Waals surface area contributed by atoms with Crippen LogP contribution in [-0.2, 0) is 22.6 Å². The molecule has 5 rings (SSSR count). The third-order valence-corrected chi connectivity index (χ3v) is 7.68. The normalized spacial score (nSPS) is 13.2. The van der Waals surface area contributed by atoms with Gasteiger partial charge in [-0.1, -0.05) is 66.7 Å². The Kier molecular flexibility index (Phi) is 8.81. The number of carbonyl (C=O) groups is 3. The first-order chi connectivity index (χ1) is 20.6. The molecule has 1 aliphatic rings. The van der Waals surface area contributed by atoms with E-state index in [1.165, 1.54) is 0 Å². The Morgan fingerprint density at radius 1 is 0.907 bits per heavy atom. The molecule has 1 unspecified atom stereocenters. The number of amides is 3. The van der Waals surface area contributed by atoms with E-state index in [2.05, 4.69) is 5.32 Å². The Balaban J connectivity index is 1.40. The molecule has 0 saturated carbocycles. The number of anilines is 1. The second kappa shape index (κ2) is 12.7. The summed E-state index contributed by atoms with van der Waals surface area (Å²) in [7, 11) is 1.61. The summed E-state index contributed by atoms with van der Waals surface area (Å²) in [5.74, 6) is 0.295. The number of benzene rings is 4. The van der Waals surface area contributed by atoms with Crippen molar-refractivity contribution < 1.29 is 19.1 Å². The molecule has 0 fully saturated rings. The summed E-state index contributed by atoms with van der Waals surface area (Å²) in [6.45, 7) is 6.46. The molecule has 3 amide bonds. The lowest BCUT2D eigenvalue weighted by atomic mass is 10.00. The maximum Gasteiger partial charge on any atom is 0.258 e. The molecule has 0 aromatic heterocycles. The van der Waals surface area contributed by atoms with Crippen molar-refractivity contribution in [1.29, 1.82) is 0 Å². The predicted octanol–water partition coefficient (Wildman–Crippen LogP) is 6.14. The molecular formula is C36H39N3O4. The van der Waals surface area contributed by atoms with Gasteiger partial charge in [-0.25, -0.2) is 0 Å². The SMILES string of the molecule is COc1cccc(CN(C(=O)CCCN2C(=O)c3cccc4cccc2c34)C(Cc2ccccc2)C(=O)NC(C)(C)C)c1. The third kappa shape index (κ3) is 6.88. The highest BCUT2D eigenvalue weighted by atomic mass is 16.5. The van der Waals surface area contributed by atoms with Crippen LogP contribution in [0.2, 0.25) is 0 Å². The van der Waals surface area contributed by atoms with Gasteiger partial charge in [-0.05, 0) is 68.0 Å². The monoisotopic (exact) mass is 577 g/mol. The van der Waals surface area contributed by atoms with E-state index in [0.29, 0.717) is 30.7 Å². The van der Waals surface area contributed by atoms with Gasteiger partial charge < -0.3 is 19.9 Å². The quantitative estimate of drug-likeness (QED) is 0.232. The molecule has 4 aromatic rings. The standard InChI is InChI=1S/C36H39N3O4/c1-36(2,3)37-34(41)31(23-25-12-6-5-7-13-25)39(24-26-14-8-17-28(22-26)43-4)32(40)20-11-21-38-30-19-10-16-27-15-9-18-29(33(27)30)35(38)42/h5-10,12-19,22,31H,11,20-21,23-24H2,1-4H3,(H,37,41). The molecule has 1 atom stereocenters. The summed E-state index contributed by atoms with van der Waals surface area (Å²) in [5.41, 5.74) is 2.94. The van der Waals surface area contributed by atoms with Crippen molar-refractivity contribution in [1.82, 2.24) is 10.2 Å². The van der Waals surface area contributed by atoms with Crippen molar-refractivity contribution in [2.24, 2.45) is 0 Å². The van der Waals surface area contributed by atoms with Crippen LogP contribution in [0.1, 0.15) is 55.1 Å². The molecule has 1 aliphatic heterocycles. The number of nitrogens with zero attached hydrogens (tertiary/aromatic N) is 2. The minimum Gasteiger partial charge on any atom is -0.497 e. The van der Waals surface area contributed by atoms with Crippen LogP contribution >= 0.6 is 0 Å². The van der Waals surface area contributed by atoms with Crippen LogP contribution in [0.3, 0.4) is 0 Å². The molecule has 1 heterocycles. The molecule has 43 heavy (non-hydrogen) atoms. The Morgan fingerprint density at radius 3 is 2.33 bits per heavy atom. The van der Waals surface area contributed by atoms with Crippen molar-refractivity contribution in [3.63, 3.8) is 0 Å². The molecule has 0 radical (unpaired) electrons. The van der Waals surface area contributed by atoms with Crippen LogP contribution in [0.15, 0.2) is 91.0 Å². The first-order valence-electron chi connectivity index (χ1n) is 14.8. The van der Waals surface area contributed by atoms with Crippen LogP contribution in [0.25, 0.3) is 10.8 Å². The van der Waals surface area contributed by atoms with E-state index in [4.69, 9.17) is 4.74 Å². The summed E-state index contributed by atoms with van der Waals surface area (Å²) in [4.78, 5) is 44.6. The summed E-state index contributed by atoms with van der Waals surface area (Å²) < 4.78 is 5.43. The van der Waals surface area contributed by atoms with E-state index in [1.54, 1.807) is 16.9 Å². The Morgan fingerprint density at radius 2 is 1.60 bits per heavy atom. The zero-order valence-electron chi connectivity index (χ0n) is 25.3. The molecule has 0 aliphatic carbocycles. The molecule has 1 N–H and O–H groups in total. The van der Waals surface area contributed by atoms with Gasteiger partial charge in [0.25, 0.3) is 5.91 Å². The Bertz CT molecular complexity index is 1620. The fourth-order valence-electron chi connectivity index (χ4n) is 5.71. The number of ether oxygens (including phenoxy) is 1. The Labute approximate surface area is 253 Å². The topological polar surface area (TPSA) is 79.0 Å². The highest BCUT2D eigenvalue weighted by Gasteiger charge is 2.33. The van der Waals surface area contributed by atoms with Crippen LogP contribution in [0.5, 0.6) is 5.75 Å². The molecule has 7 heteroatoms. The van der Waals surface area contributed by atoms with Gasteiger partial charge in [-0.2, -0.15) is 0 Å². The van der Waals surface area contributed by atoms with Crippen LogP contribution < -0.4 is 15.0 Å². The van der Waals surface area contributed by atoms with Crippen molar-refractivity contribution in [3.8, 4) is 5.75 Å². The first kappa shape index (κ1) is 29.8. The van der Waals surface area contributed by atoms with E-state index in [1.807, 2.05) is 112 Å². The van der Waals surface area contributed by atoms with E-state index >= 15 is 0 Å². The van der Waals surface area contributed by atoms with Crippen molar-refractivity contribution in [3.05, 3.63) is 108 Å². The van der Waals surface area contributed by atoms with Crippen LogP contribution in [-0.4, -0.2) is 47.9 Å². The second-order valence-corrected chi connectivity index (χ2v) is 12.1. The van der Waals surface area contributed by atoms with E-state index < -0.39 is 11.6 Å². The summed E-state index contributed by atoms with van der Waals surface area (Å²) >= 11 is 0. The third-order valence-electron chi connectivity index (χ3n) is 7.68. The minimum atomic E-state index is -0.730. The Hall–Kier alpha value is -4.65.